The Kier molecular flexibility index (Phi) is 5.32. The highest BCUT2D eigenvalue weighted by Gasteiger charge is 2.35. The third-order valence-electron chi connectivity index (χ3n) is 3.48. The zero-order valence-electron chi connectivity index (χ0n) is 13.4. The Morgan fingerprint density at radius 3 is 2.71 bits per heavy atom. The number of aromatic nitrogens is 3. The van der Waals surface area contributed by atoms with Crippen molar-refractivity contribution in [2.75, 3.05) is 5.75 Å². The second kappa shape index (κ2) is 7.07. The summed E-state index contributed by atoms with van der Waals surface area (Å²) in [5.41, 5.74) is 0.454. The van der Waals surface area contributed by atoms with Crippen molar-refractivity contribution in [2.24, 2.45) is 5.92 Å². The molecule has 1 saturated heterocycles. The van der Waals surface area contributed by atoms with Gasteiger partial charge in [-0.3, -0.25) is 28.7 Å². The van der Waals surface area contributed by atoms with E-state index in [4.69, 9.17) is 0 Å². The van der Waals surface area contributed by atoms with E-state index < -0.39 is 15.9 Å². The molecule has 1 unspecified atom stereocenters. The van der Waals surface area contributed by atoms with Crippen LogP contribution in [0.25, 0.3) is 0 Å². The smallest absolute Gasteiger partial charge is 0.234 e. The van der Waals surface area contributed by atoms with Gasteiger partial charge in [-0.05, 0) is 6.42 Å². The van der Waals surface area contributed by atoms with E-state index in [0.717, 1.165) is 11.8 Å². The number of carbonyl (C=O) groups is 3. The Labute approximate surface area is 139 Å². The highest BCUT2D eigenvalue weighted by Crippen LogP contribution is 2.20. The first-order chi connectivity index (χ1) is 11.2. The van der Waals surface area contributed by atoms with Crippen molar-refractivity contribution in [1.82, 2.24) is 24.6 Å². The fourth-order valence-electron chi connectivity index (χ4n) is 2.38. The van der Waals surface area contributed by atoms with Gasteiger partial charge in [0.15, 0.2) is 0 Å². The first-order valence-corrected chi connectivity index (χ1v) is 9.07. The SMILES string of the molecule is CC(=O)NS(=O)(=O)CCCn1cc(CN2C(=O)CC(C)C2=O)nn1. The molecule has 2 rings (SSSR count). The number of aryl methyl sites for hydroxylation is 1. The van der Waals surface area contributed by atoms with E-state index in [0.29, 0.717) is 5.69 Å². The summed E-state index contributed by atoms with van der Waals surface area (Å²) in [5.74, 6) is -1.62. The summed E-state index contributed by atoms with van der Waals surface area (Å²) in [5, 5.41) is 7.73. The van der Waals surface area contributed by atoms with Gasteiger partial charge in [0.05, 0.1) is 18.5 Å². The predicted octanol–water partition coefficient (Wildman–Crippen LogP) is -0.971. The molecule has 11 heteroatoms. The lowest BCUT2D eigenvalue weighted by Gasteiger charge is -2.11. The van der Waals surface area contributed by atoms with Crippen molar-refractivity contribution >= 4 is 27.7 Å². The summed E-state index contributed by atoms with van der Waals surface area (Å²) in [4.78, 5) is 35.5. The van der Waals surface area contributed by atoms with Crippen LogP contribution < -0.4 is 4.72 Å². The summed E-state index contributed by atoms with van der Waals surface area (Å²) in [6.07, 6.45) is 2.01. The van der Waals surface area contributed by atoms with E-state index in [2.05, 4.69) is 10.3 Å². The van der Waals surface area contributed by atoms with Gasteiger partial charge in [0.2, 0.25) is 27.7 Å². The maximum absolute atomic E-state index is 11.8. The molecule has 2 heterocycles. The molecule has 0 radical (unpaired) electrons. The summed E-state index contributed by atoms with van der Waals surface area (Å²) in [6, 6.07) is 0. The number of amides is 3. The Bertz CT molecular complexity index is 757. The summed E-state index contributed by atoms with van der Waals surface area (Å²) < 4.78 is 26.3. The molecule has 3 amide bonds. The Morgan fingerprint density at radius 1 is 1.42 bits per heavy atom. The second-order valence-corrected chi connectivity index (χ2v) is 7.57. The molecule has 10 nitrogen and oxygen atoms in total. The number of imide groups is 1. The fourth-order valence-corrected chi connectivity index (χ4v) is 3.43. The number of nitrogens with zero attached hydrogens (tertiary/aromatic N) is 4. The van der Waals surface area contributed by atoms with E-state index in [9.17, 15) is 22.8 Å². The van der Waals surface area contributed by atoms with Gasteiger partial charge in [0.25, 0.3) is 0 Å². The fraction of sp³-hybridized carbons (Fsp3) is 0.615. The van der Waals surface area contributed by atoms with E-state index in [1.807, 2.05) is 4.72 Å². The van der Waals surface area contributed by atoms with Gasteiger partial charge < -0.3 is 0 Å². The minimum Gasteiger partial charge on any atom is -0.276 e. The number of carbonyl (C=O) groups excluding carboxylic acids is 3. The molecule has 0 spiro atoms. The van der Waals surface area contributed by atoms with E-state index in [1.54, 1.807) is 13.1 Å². The second-order valence-electron chi connectivity index (χ2n) is 5.73. The van der Waals surface area contributed by atoms with Crippen molar-refractivity contribution in [3.05, 3.63) is 11.9 Å². The van der Waals surface area contributed by atoms with Gasteiger partial charge in [0, 0.05) is 25.8 Å². The van der Waals surface area contributed by atoms with Gasteiger partial charge in [0.1, 0.15) is 5.69 Å². The van der Waals surface area contributed by atoms with Crippen molar-refractivity contribution in [3.8, 4) is 0 Å². The summed E-state index contributed by atoms with van der Waals surface area (Å²) >= 11 is 0. The average Bonchev–Trinajstić information content (AvgIpc) is 2.98. The van der Waals surface area contributed by atoms with Crippen LogP contribution in [0.2, 0.25) is 0 Å². The molecule has 0 bridgehead atoms. The molecule has 0 aliphatic carbocycles. The maximum Gasteiger partial charge on any atom is 0.234 e. The number of hydrogen-bond donors (Lipinski definition) is 1. The number of hydrogen-bond acceptors (Lipinski definition) is 7. The Balaban J connectivity index is 1.87. The monoisotopic (exact) mass is 357 g/mol. The maximum atomic E-state index is 11.8. The standard InChI is InChI=1S/C13H19N5O5S/c1-9-6-12(20)18(13(9)21)8-11-7-17(16-14-11)4-3-5-24(22,23)15-10(2)19/h7,9H,3-6,8H2,1-2H3,(H,15,19). The number of sulfonamides is 1. The highest BCUT2D eigenvalue weighted by molar-refractivity contribution is 7.90. The van der Waals surface area contributed by atoms with E-state index in [-0.39, 0.29) is 49.4 Å². The molecule has 1 fully saturated rings. The molecule has 1 aromatic rings. The molecular formula is C13H19N5O5S. The molecule has 1 atom stereocenters. The first kappa shape index (κ1) is 18.0. The number of nitrogens with one attached hydrogen (secondary N) is 1. The number of rotatable bonds is 7. The van der Waals surface area contributed by atoms with Crippen molar-refractivity contribution in [3.63, 3.8) is 0 Å². The molecular weight excluding hydrogens is 338 g/mol. The lowest BCUT2D eigenvalue weighted by molar-refractivity contribution is -0.140. The largest absolute Gasteiger partial charge is 0.276 e. The van der Waals surface area contributed by atoms with Crippen LogP contribution in [0.4, 0.5) is 0 Å². The minimum absolute atomic E-state index is 0.0617. The van der Waals surface area contributed by atoms with E-state index >= 15 is 0 Å². The van der Waals surface area contributed by atoms with Crippen LogP contribution in [-0.2, 0) is 37.5 Å². The summed E-state index contributed by atoms with van der Waals surface area (Å²) in [7, 11) is -3.64. The Morgan fingerprint density at radius 2 is 2.12 bits per heavy atom. The minimum atomic E-state index is -3.64. The molecule has 0 saturated carbocycles. The van der Waals surface area contributed by atoms with Gasteiger partial charge >= 0.3 is 0 Å². The number of likely N-dealkylation sites (tertiary alicyclic amines) is 1. The summed E-state index contributed by atoms with van der Waals surface area (Å²) in [6.45, 7) is 3.17. The third kappa shape index (κ3) is 4.60. The lowest BCUT2D eigenvalue weighted by Crippen LogP contribution is -2.30. The van der Waals surface area contributed by atoms with Crippen molar-refractivity contribution < 1.29 is 22.8 Å². The van der Waals surface area contributed by atoms with Crippen LogP contribution in [-0.4, -0.2) is 51.8 Å². The topological polar surface area (TPSA) is 131 Å². The zero-order chi connectivity index (χ0) is 17.9. The first-order valence-electron chi connectivity index (χ1n) is 7.42. The molecule has 1 aliphatic rings. The molecule has 1 aromatic heterocycles. The zero-order valence-corrected chi connectivity index (χ0v) is 14.2. The molecule has 1 aliphatic heterocycles. The molecule has 132 valence electrons. The molecule has 24 heavy (non-hydrogen) atoms. The van der Waals surface area contributed by atoms with E-state index in [1.165, 1.54) is 4.68 Å². The van der Waals surface area contributed by atoms with Crippen LogP contribution in [0.1, 0.15) is 32.4 Å². The van der Waals surface area contributed by atoms with Gasteiger partial charge in [-0.15, -0.1) is 5.10 Å². The van der Waals surface area contributed by atoms with Crippen LogP contribution in [0.5, 0.6) is 0 Å². The Hall–Kier alpha value is -2.30. The van der Waals surface area contributed by atoms with Crippen molar-refractivity contribution in [1.29, 1.82) is 0 Å². The van der Waals surface area contributed by atoms with Gasteiger partial charge in [-0.1, -0.05) is 12.1 Å². The molecule has 0 aromatic carbocycles. The predicted molar refractivity (Wildman–Crippen MR) is 81.6 cm³/mol. The normalized spacial score (nSPS) is 18.2. The third-order valence-corrected chi connectivity index (χ3v) is 4.90. The quantitative estimate of drug-likeness (QED) is 0.621. The van der Waals surface area contributed by atoms with Crippen LogP contribution in [0.15, 0.2) is 6.20 Å². The van der Waals surface area contributed by atoms with Crippen molar-refractivity contribution in [2.45, 2.75) is 39.8 Å². The highest BCUT2D eigenvalue weighted by atomic mass is 32.2. The van der Waals surface area contributed by atoms with Gasteiger partial charge in [-0.25, -0.2) is 8.42 Å². The van der Waals surface area contributed by atoms with Crippen LogP contribution >= 0.6 is 0 Å². The average molecular weight is 357 g/mol. The van der Waals surface area contributed by atoms with Gasteiger partial charge in [-0.2, -0.15) is 0 Å². The van der Waals surface area contributed by atoms with Crippen LogP contribution in [0, 0.1) is 5.92 Å². The van der Waals surface area contributed by atoms with Crippen LogP contribution in [0.3, 0.4) is 0 Å². The molecule has 1 N–H and O–H groups in total. The lowest BCUT2D eigenvalue weighted by atomic mass is 10.1.